The van der Waals surface area contributed by atoms with Crippen LogP contribution in [0.5, 0.6) is 0 Å². The molecule has 2 aromatic carbocycles. The van der Waals surface area contributed by atoms with Crippen molar-refractivity contribution in [3.05, 3.63) is 81.4 Å². The second kappa shape index (κ2) is 10.2. The third kappa shape index (κ3) is 5.35. The van der Waals surface area contributed by atoms with E-state index >= 15 is 0 Å². The number of benzene rings is 2. The first kappa shape index (κ1) is 23.9. The number of hydrogen-bond acceptors (Lipinski definition) is 6. The molecule has 1 amide bonds. The van der Waals surface area contributed by atoms with E-state index in [4.69, 9.17) is 0 Å². The number of aryl methyl sites for hydroxylation is 1. The minimum Gasteiger partial charge on any atom is -0.426 e. The third-order valence-corrected chi connectivity index (χ3v) is 5.99. The van der Waals surface area contributed by atoms with Crippen LogP contribution in [-0.2, 0) is 4.79 Å². The van der Waals surface area contributed by atoms with Crippen LogP contribution in [0.1, 0.15) is 48.9 Å². The zero-order valence-corrected chi connectivity index (χ0v) is 18.5. The summed E-state index contributed by atoms with van der Waals surface area (Å²) in [5, 5.41) is 37.6. The Kier molecular flexibility index (Phi) is 7.66. The number of nitrogens with zero attached hydrogens (tertiary/aromatic N) is 1. The lowest BCUT2D eigenvalue weighted by molar-refractivity contribution is -0.527. The fourth-order valence-corrected chi connectivity index (χ4v) is 4.46. The minimum absolute atomic E-state index is 0.120. The van der Waals surface area contributed by atoms with Crippen molar-refractivity contribution in [2.45, 2.75) is 57.2 Å². The highest BCUT2D eigenvalue weighted by atomic mass is 16.6. The van der Waals surface area contributed by atoms with E-state index in [1.807, 2.05) is 63.2 Å². The molecule has 0 radical (unpaired) electrons. The van der Waals surface area contributed by atoms with Crippen molar-refractivity contribution in [1.29, 1.82) is 0 Å². The maximum Gasteiger partial charge on any atom is 0.475 e. The molecule has 1 fully saturated rings. The Labute approximate surface area is 188 Å². The van der Waals surface area contributed by atoms with E-state index in [1.54, 1.807) is 12.1 Å². The van der Waals surface area contributed by atoms with E-state index in [0.29, 0.717) is 12.0 Å². The van der Waals surface area contributed by atoms with Crippen LogP contribution in [-0.4, -0.2) is 46.0 Å². The smallest absolute Gasteiger partial charge is 0.426 e. The molecular formula is C23H30BN3O5. The fourth-order valence-electron chi connectivity index (χ4n) is 4.46. The standard InChI is InChI=1S/C23H30BN3O5/c1-14(2)13-18(24(29)30)25-23(28)21-19(16-11-9-15(3)10-12-16)22(27(31)32)20(26-21)17-7-5-4-6-8-17/h4-12,14,18-22,26,29-30H,13H2,1-3H3,(H,25,28)/t18-,19+,20+,21+,22-/m0/s1. The summed E-state index contributed by atoms with van der Waals surface area (Å²) in [5.41, 5.74) is 2.43. The molecule has 0 spiro atoms. The van der Waals surface area contributed by atoms with Crippen molar-refractivity contribution >= 4 is 13.0 Å². The van der Waals surface area contributed by atoms with Crippen molar-refractivity contribution in [3.63, 3.8) is 0 Å². The molecule has 0 aromatic heterocycles. The predicted molar refractivity (Wildman–Crippen MR) is 122 cm³/mol. The Morgan fingerprint density at radius 3 is 2.28 bits per heavy atom. The quantitative estimate of drug-likeness (QED) is 0.283. The molecule has 4 N–H and O–H groups in total. The largest absolute Gasteiger partial charge is 0.475 e. The topological polar surface area (TPSA) is 125 Å². The second-order valence-electron chi connectivity index (χ2n) is 8.90. The van der Waals surface area contributed by atoms with Crippen molar-refractivity contribution in [2.75, 3.05) is 0 Å². The lowest BCUT2D eigenvalue weighted by Crippen LogP contribution is -2.53. The van der Waals surface area contributed by atoms with Crippen LogP contribution in [0.15, 0.2) is 54.6 Å². The zero-order chi connectivity index (χ0) is 23.4. The molecule has 3 rings (SSSR count). The van der Waals surface area contributed by atoms with Crippen LogP contribution in [0, 0.1) is 23.0 Å². The van der Waals surface area contributed by atoms with Gasteiger partial charge in [0, 0.05) is 4.92 Å². The molecule has 9 heteroatoms. The number of nitrogens with one attached hydrogen (secondary N) is 2. The second-order valence-corrected chi connectivity index (χ2v) is 8.90. The lowest BCUT2D eigenvalue weighted by Gasteiger charge is -2.24. The van der Waals surface area contributed by atoms with Crippen molar-refractivity contribution in [2.24, 2.45) is 5.92 Å². The predicted octanol–water partition coefficient (Wildman–Crippen LogP) is 1.98. The normalized spacial score (nSPS) is 23.7. The van der Waals surface area contributed by atoms with Gasteiger partial charge in [-0.15, -0.1) is 0 Å². The van der Waals surface area contributed by atoms with E-state index in [9.17, 15) is 25.0 Å². The molecule has 1 aliphatic heterocycles. The number of carbonyl (C=O) groups is 1. The first-order valence-corrected chi connectivity index (χ1v) is 10.9. The maximum absolute atomic E-state index is 13.3. The van der Waals surface area contributed by atoms with E-state index in [0.717, 1.165) is 11.1 Å². The highest BCUT2D eigenvalue weighted by molar-refractivity contribution is 6.43. The van der Waals surface area contributed by atoms with Gasteiger partial charge in [-0.2, -0.15) is 0 Å². The summed E-state index contributed by atoms with van der Waals surface area (Å²) in [4.78, 5) is 25.2. The van der Waals surface area contributed by atoms with Gasteiger partial charge in [0.15, 0.2) is 0 Å². The number of rotatable bonds is 8. The molecule has 0 bridgehead atoms. The molecular weight excluding hydrogens is 409 g/mol. The average Bonchev–Trinajstić information content (AvgIpc) is 3.15. The molecule has 5 atom stereocenters. The van der Waals surface area contributed by atoms with Gasteiger partial charge in [0.1, 0.15) is 12.1 Å². The van der Waals surface area contributed by atoms with Gasteiger partial charge >= 0.3 is 7.12 Å². The molecule has 32 heavy (non-hydrogen) atoms. The number of amides is 1. The Morgan fingerprint density at radius 1 is 1.12 bits per heavy atom. The van der Waals surface area contributed by atoms with Gasteiger partial charge in [-0.05, 0) is 30.4 Å². The van der Waals surface area contributed by atoms with E-state index in [2.05, 4.69) is 10.6 Å². The molecule has 1 aliphatic rings. The van der Waals surface area contributed by atoms with Gasteiger partial charge in [0.25, 0.3) is 0 Å². The Balaban J connectivity index is 2.00. The Bertz CT molecular complexity index is 923. The number of hydrogen-bond donors (Lipinski definition) is 4. The molecule has 0 unspecified atom stereocenters. The SMILES string of the molecule is Cc1ccc([C@H]2[C@H]([N+](=O)[O-])[C@@H](c3ccccc3)N[C@H]2C(=O)N[C@@H](CC(C)C)B(O)O)cc1. The summed E-state index contributed by atoms with van der Waals surface area (Å²) >= 11 is 0. The average molecular weight is 439 g/mol. The first-order chi connectivity index (χ1) is 15.2. The molecule has 1 heterocycles. The first-order valence-electron chi connectivity index (χ1n) is 10.9. The Morgan fingerprint density at radius 2 is 1.75 bits per heavy atom. The van der Waals surface area contributed by atoms with E-state index in [1.165, 1.54) is 0 Å². The minimum atomic E-state index is -1.73. The summed E-state index contributed by atoms with van der Waals surface area (Å²) in [5.74, 6) is -1.96. The maximum atomic E-state index is 13.3. The summed E-state index contributed by atoms with van der Waals surface area (Å²) in [7, 11) is -1.73. The Hall–Kier alpha value is -2.75. The van der Waals surface area contributed by atoms with Gasteiger partial charge in [0.05, 0.1) is 11.9 Å². The van der Waals surface area contributed by atoms with Crippen LogP contribution in [0.25, 0.3) is 0 Å². The molecule has 2 aromatic rings. The zero-order valence-electron chi connectivity index (χ0n) is 18.5. The van der Waals surface area contributed by atoms with Gasteiger partial charge in [-0.1, -0.05) is 74.0 Å². The van der Waals surface area contributed by atoms with Gasteiger partial charge in [0.2, 0.25) is 11.9 Å². The number of carbonyl (C=O) groups excluding carboxylic acids is 1. The molecule has 0 saturated carbocycles. The van der Waals surface area contributed by atoms with E-state index < -0.39 is 43.0 Å². The van der Waals surface area contributed by atoms with Crippen molar-refractivity contribution in [3.8, 4) is 0 Å². The highest BCUT2D eigenvalue weighted by Crippen LogP contribution is 2.40. The van der Waals surface area contributed by atoms with Crippen LogP contribution in [0.2, 0.25) is 0 Å². The van der Waals surface area contributed by atoms with Crippen molar-refractivity contribution in [1.82, 2.24) is 10.6 Å². The molecule has 1 saturated heterocycles. The fraction of sp³-hybridized carbons (Fsp3) is 0.435. The van der Waals surface area contributed by atoms with Crippen molar-refractivity contribution < 1.29 is 19.8 Å². The summed E-state index contributed by atoms with van der Waals surface area (Å²) in [6, 6.07) is 13.8. The van der Waals surface area contributed by atoms with Crippen LogP contribution in [0.4, 0.5) is 0 Å². The highest BCUT2D eigenvalue weighted by Gasteiger charge is 2.54. The molecule has 170 valence electrons. The van der Waals surface area contributed by atoms with E-state index in [-0.39, 0.29) is 10.8 Å². The summed E-state index contributed by atoms with van der Waals surface area (Å²) in [6.07, 6.45) is 0.367. The third-order valence-electron chi connectivity index (χ3n) is 5.99. The lowest BCUT2D eigenvalue weighted by atomic mass is 9.74. The van der Waals surface area contributed by atoms with Crippen LogP contribution in [0.3, 0.4) is 0 Å². The van der Waals surface area contributed by atoms with Crippen LogP contribution >= 0.6 is 0 Å². The van der Waals surface area contributed by atoms with Gasteiger partial charge in [-0.3, -0.25) is 20.2 Å². The van der Waals surface area contributed by atoms with Crippen LogP contribution < -0.4 is 10.6 Å². The van der Waals surface area contributed by atoms with Gasteiger partial charge < -0.3 is 15.4 Å². The molecule has 0 aliphatic carbocycles. The summed E-state index contributed by atoms with van der Waals surface area (Å²) in [6.45, 7) is 5.76. The summed E-state index contributed by atoms with van der Waals surface area (Å²) < 4.78 is 0. The van der Waals surface area contributed by atoms with Gasteiger partial charge in [-0.25, -0.2) is 0 Å². The number of nitro groups is 1. The molecule has 8 nitrogen and oxygen atoms in total. The monoisotopic (exact) mass is 439 g/mol.